The summed E-state index contributed by atoms with van der Waals surface area (Å²) in [5.41, 5.74) is -0.858. The van der Waals surface area contributed by atoms with Gasteiger partial charge in [0.1, 0.15) is 30.0 Å². The van der Waals surface area contributed by atoms with Crippen LogP contribution in [0.25, 0.3) is 0 Å². The highest BCUT2D eigenvalue weighted by Crippen LogP contribution is 2.35. The third kappa shape index (κ3) is 3.64. The van der Waals surface area contributed by atoms with Gasteiger partial charge in [-0.15, -0.1) is 10.2 Å². The van der Waals surface area contributed by atoms with Crippen molar-refractivity contribution in [3.05, 3.63) is 41.5 Å². The van der Waals surface area contributed by atoms with Crippen molar-refractivity contribution in [1.82, 2.24) is 19.7 Å². The Labute approximate surface area is 147 Å². The minimum atomic E-state index is -4.51. The molecule has 0 amide bonds. The Hall–Kier alpha value is -2.62. The number of fused-ring (bicyclic) bond motifs is 1. The van der Waals surface area contributed by atoms with Gasteiger partial charge in [-0.25, -0.2) is 0 Å². The molecule has 0 aliphatic carbocycles. The minimum Gasteiger partial charge on any atom is -0.492 e. The number of nitrogens with zero attached hydrogens (tertiary/aromatic N) is 4. The van der Waals surface area contributed by atoms with Crippen LogP contribution in [0.5, 0.6) is 5.75 Å². The molecule has 0 radical (unpaired) electrons. The number of halogens is 3. The Morgan fingerprint density at radius 3 is 2.77 bits per heavy atom. The van der Waals surface area contributed by atoms with Crippen molar-refractivity contribution in [2.75, 3.05) is 13.2 Å². The van der Waals surface area contributed by atoms with Crippen LogP contribution in [0.2, 0.25) is 0 Å². The number of carbonyl (C=O) groups is 1. The summed E-state index contributed by atoms with van der Waals surface area (Å²) in [5, 5.41) is 17.4. The molecule has 0 saturated carbocycles. The van der Waals surface area contributed by atoms with E-state index in [1.807, 2.05) is 0 Å². The molecule has 1 unspecified atom stereocenters. The van der Waals surface area contributed by atoms with E-state index in [-0.39, 0.29) is 32.0 Å². The van der Waals surface area contributed by atoms with Crippen molar-refractivity contribution in [2.24, 2.45) is 0 Å². The number of aromatic nitrogens is 3. The van der Waals surface area contributed by atoms with Crippen molar-refractivity contribution in [1.29, 1.82) is 0 Å². The molecule has 0 bridgehead atoms. The first-order valence-electron chi connectivity index (χ1n) is 7.92. The van der Waals surface area contributed by atoms with E-state index in [0.717, 1.165) is 6.07 Å². The predicted octanol–water partition coefficient (Wildman–Crippen LogP) is 1.95. The number of hydrogen-bond donors (Lipinski definition) is 1. The van der Waals surface area contributed by atoms with Crippen LogP contribution in [0.15, 0.2) is 24.3 Å². The first kappa shape index (κ1) is 18.2. The van der Waals surface area contributed by atoms with Gasteiger partial charge in [-0.2, -0.15) is 13.2 Å². The summed E-state index contributed by atoms with van der Waals surface area (Å²) in [7, 11) is 0. The van der Waals surface area contributed by atoms with Gasteiger partial charge in [0.2, 0.25) is 0 Å². The molecular formula is C16H17F3N4O3. The quantitative estimate of drug-likeness (QED) is 0.867. The average molecular weight is 370 g/mol. The lowest BCUT2D eigenvalue weighted by Crippen LogP contribution is -2.49. The third-order valence-corrected chi connectivity index (χ3v) is 4.27. The first-order valence-corrected chi connectivity index (χ1v) is 7.92. The first-order chi connectivity index (χ1) is 12.3. The summed E-state index contributed by atoms with van der Waals surface area (Å²) in [4.78, 5) is 13.2. The van der Waals surface area contributed by atoms with Gasteiger partial charge >= 0.3 is 12.1 Å². The number of alkyl halides is 3. The number of carboxylic acid groups (broad SMARTS) is 1. The van der Waals surface area contributed by atoms with E-state index in [1.54, 1.807) is 16.4 Å². The van der Waals surface area contributed by atoms with Gasteiger partial charge in [0.15, 0.2) is 0 Å². The molecule has 1 aliphatic rings. The molecule has 26 heavy (non-hydrogen) atoms. The maximum absolute atomic E-state index is 13.0. The molecule has 2 aromatic rings. The van der Waals surface area contributed by atoms with E-state index in [1.165, 1.54) is 18.2 Å². The van der Waals surface area contributed by atoms with E-state index >= 15 is 0 Å². The monoisotopic (exact) mass is 370 g/mol. The zero-order valence-electron chi connectivity index (χ0n) is 13.9. The maximum Gasteiger partial charge on any atom is 0.419 e. The van der Waals surface area contributed by atoms with Crippen LogP contribution in [0.3, 0.4) is 0 Å². The van der Waals surface area contributed by atoms with Gasteiger partial charge in [0.05, 0.1) is 18.7 Å². The minimum absolute atomic E-state index is 0.0794. The summed E-state index contributed by atoms with van der Waals surface area (Å²) in [6, 6.07) is 4.11. The van der Waals surface area contributed by atoms with Crippen LogP contribution in [0.1, 0.15) is 17.2 Å². The van der Waals surface area contributed by atoms with Crippen LogP contribution < -0.4 is 4.74 Å². The number of ether oxygens (including phenoxy) is 1. The summed E-state index contributed by atoms with van der Waals surface area (Å²) >= 11 is 0. The average Bonchev–Trinajstić information content (AvgIpc) is 2.94. The highest BCUT2D eigenvalue weighted by atomic mass is 19.4. The van der Waals surface area contributed by atoms with Crippen LogP contribution in [0, 0.1) is 6.92 Å². The summed E-state index contributed by atoms with van der Waals surface area (Å²) < 4.78 is 46.0. The van der Waals surface area contributed by atoms with Crippen molar-refractivity contribution in [2.45, 2.75) is 32.2 Å². The number of aliphatic carboxylic acids is 1. The number of hydrogen-bond acceptors (Lipinski definition) is 5. The second-order valence-electron chi connectivity index (χ2n) is 5.94. The number of para-hydroxylation sites is 1. The van der Waals surface area contributed by atoms with Crippen molar-refractivity contribution < 1.29 is 27.8 Å². The van der Waals surface area contributed by atoms with Crippen molar-refractivity contribution >= 4 is 5.97 Å². The van der Waals surface area contributed by atoms with Crippen LogP contribution in [-0.4, -0.2) is 49.9 Å². The van der Waals surface area contributed by atoms with Gasteiger partial charge < -0.3 is 14.4 Å². The molecule has 0 saturated heterocycles. The van der Waals surface area contributed by atoms with E-state index in [4.69, 9.17) is 4.74 Å². The normalized spacial score (nSPS) is 17.8. The number of benzene rings is 1. The van der Waals surface area contributed by atoms with Crippen molar-refractivity contribution in [3.8, 4) is 5.75 Å². The van der Waals surface area contributed by atoms with Crippen LogP contribution in [-0.2, 0) is 24.1 Å². The molecule has 7 nitrogen and oxygen atoms in total. The fourth-order valence-electron chi connectivity index (χ4n) is 2.93. The van der Waals surface area contributed by atoms with E-state index < -0.39 is 23.8 Å². The highest BCUT2D eigenvalue weighted by Gasteiger charge is 2.35. The second kappa shape index (κ2) is 6.94. The molecule has 140 valence electrons. The molecule has 2 heterocycles. The lowest BCUT2D eigenvalue weighted by Gasteiger charge is -2.33. The Morgan fingerprint density at radius 2 is 2.08 bits per heavy atom. The molecule has 1 N–H and O–H groups in total. The third-order valence-electron chi connectivity index (χ3n) is 4.27. The smallest absolute Gasteiger partial charge is 0.419 e. The Morgan fingerprint density at radius 1 is 1.35 bits per heavy atom. The molecule has 0 spiro atoms. The van der Waals surface area contributed by atoms with E-state index in [0.29, 0.717) is 11.6 Å². The molecule has 1 atom stereocenters. The molecule has 3 rings (SSSR count). The Bertz CT molecular complexity index is 806. The van der Waals surface area contributed by atoms with Gasteiger partial charge in [-0.3, -0.25) is 9.69 Å². The lowest BCUT2D eigenvalue weighted by atomic mass is 10.2. The fourth-order valence-corrected chi connectivity index (χ4v) is 2.93. The van der Waals surface area contributed by atoms with Crippen molar-refractivity contribution in [3.63, 3.8) is 0 Å². The van der Waals surface area contributed by atoms with E-state index in [2.05, 4.69) is 10.2 Å². The molecular weight excluding hydrogens is 353 g/mol. The number of rotatable bonds is 5. The summed E-state index contributed by atoms with van der Waals surface area (Å²) in [5.74, 6) is -0.0423. The van der Waals surface area contributed by atoms with Gasteiger partial charge in [0.25, 0.3) is 0 Å². The van der Waals surface area contributed by atoms with Gasteiger partial charge in [-0.05, 0) is 19.1 Å². The lowest BCUT2D eigenvalue weighted by molar-refractivity contribution is -0.145. The van der Waals surface area contributed by atoms with Crippen LogP contribution >= 0.6 is 0 Å². The second-order valence-corrected chi connectivity index (χ2v) is 5.94. The topological polar surface area (TPSA) is 80.5 Å². The van der Waals surface area contributed by atoms with Crippen LogP contribution in [0.4, 0.5) is 13.2 Å². The molecule has 1 aliphatic heterocycles. The predicted molar refractivity (Wildman–Crippen MR) is 83.5 cm³/mol. The molecule has 1 aromatic heterocycles. The van der Waals surface area contributed by atoms with Gasteiger partial charge in [-0.1, -0.05) is 12.1 Å². The molecule has 10 heteroatoms. The van der Waals surface area contributed by atoms with E-state index in [9.17, 15) is 23.1 Å². The largest absolute Gasteiger partial charge is 0.492 e. The zero-order valence-corrected chi connectivity index (χ0v) is 13.9. The number of aryl methyl sites for hydroxylation is 1. The maximum atomic E-state index is 13.0. The van der Waals surface area contributed by atoms with Gasteiger partial charge in [0, 0.05) is 6.54 Å². The molecule has 1 aromatic carbocycles. The zero-order chi connectivity index (χ0) is 18.9. The summed E-state index contributed by atoms with van der Waals surface area (Å²) in [6.07, 6.45) is -4.51. The Kier molecular flexibility index (Phi) is 4.86. The standard InChI is InChI=1S/C16H17F3N4O3/c1-10-20-21-14-9-22(12(15(24)25)8-23(10)14)6-7-26-13-5-3-2-4-11(13)16(17,18)19/h2-5,12H,6-9H2,1H3,(H,24,25). The SMILES string of the molecule is Cc1nnc2n1CC(C(=O)O)N(CCOc1ccccc1C(F)(F)F)C2. The number of carboxylic acids is 1. The molecule has 0 fully saturated rings. The highest BCUT2D eigenvalue weighted by molar-refractivity contribution is 5.73. The fraction of sp³-hybridized carbons (Fsp3) is 0.438. The Balaban J connectivity index is 1.69. The summed E-state index contributed by atoms with van der Waals surface area (Å²) in [6.45, 7) is 2.23.